The number of hydrazine groups is 4. The summed E-state index contributed by atoms with van der Waals surface area (Å²) in [4.78, 5) is 29.9. The predicted octanol–water partition coefficient (Wildman–Crippen LogP) is -1.47. The molecule has 12 heteroatoms. The summed E-state index contributed by atoms with van der Waals surface area (Å²) in [6, 6.07) is 0. The van der Waals surface area contributed by atoms with E-state index in [1.54, 1.807) is 5.53 Å². The number of hydrogen-bond acceptors (Lipinski definition) is 7. The average molecular weight is 220 g/mol. The molecule has 0 spiro atoms. The summed E-state index contributed by atoms with van der Waals surface area (Å²) in [5.41, 5.74) is 1.06. The molecule has 1 N–H and O–H groups in total. The van der Waals surface area contributed by atoms with Crippen molar-refractivity contribution >= 4 is 0 Å². The van der Waals surface area contributed by atoms with Gasteiger partial charge in [-0.25, -0.2) is 20.2 Å². The molecule has 0 amide bonds. The van der Waals surface area contributed by atoms with Gasteiger partial charge in [-0.05, 0) is 10.7 Å². The molecule has 82 valence electrons. The van der Waals surface area contributed by atoms with Crippen molar-refractivity contribution in [3.8, 4) is 0 Å². The molecule has 0 saturated heterocycles. The lowest BCUT2D eigenvalue weighted by atomic mass is 10.4. The Morgan fingerprint density at radius 3 is 2.20 bits per heavy atom. The Morgan fingerprint density at radius 1 is 1.20 bits per heavy atom. The zero-order chi connectivity index (χ0) is 11.6. The first kappa shape index (κ1) is 10.6. The Balaban J connectivity index is 2.94. The molecule has 0 saturated carbocycles. The van der Waals surface area contributed by atoms with Gasteiger partial charge in [0.05, 0.1) is 4.92 Å². The largest absolute Gasteiger partial charge is 0.296 e. The molecule has 0 atom stereocenters. The van der Waals surface area contributed by atoms with Crippen molar-refractivity contribution < 1.29 is 15.0 Å². The standard InChI is InChI=1S/C3H4N6O6/c10-7(11)3-1-5(8(12)13)4-6(2-3)9(14)15/h1,4H,2H2. The molecule has 12 nitrogen and oxygen atoms in total. The van der Waals surface area contributed by atoms with Crippen LogP contribution in [-0.2, 0) is 0 Å². The predicted molar refractivity (Wildman–Crippen MR) is 40.7 cm³/mol. The molecule has 1 aliphatic heterocycles. The van der Waals surface area contributed by atoms with E-state index < -0.39 is 27.2 Å². The Morgan fingerprint density at radius 2 is 1.80 bits per heavy atom. The highest BCUT2D eigenvalue weighted by atomic mass is 16.7. The number of nitrogens with one attached hydrogen (secondary N) is 1. The lowest BCUT2D eigenvalue weighted by Gasteiger charge is -2.19. The Labute approximate surface area is 80.7 Å². The summed E-state index contributed by atoms with van der Waals surface area (Å²) in [6.07, 6.45) is 0.556. The van der Waals surface area contributed by atoms with Gasteiger partial charge in [-0.3, -0.25) is 10.1 Å². The normalized spacial score (nSPS) is 15.9. The molecule has 0 aliphatic carbocycles. The molecule has 1 heterocycles. The minimum Gasteiger partial charge on any atom is -0.258 e. The van der Waals surface area contributed by atoms with Crippen LogP contribution in [0.25, 0.3) is 0 Å². The van der Waals surface area contributed by atoms with Crippen molar-refractivity contribution in [3.05, 3.63) is 42.2 Å². The summed E-state index contributed by atoms with van der Waals surface area (Å²) in [5.74, 6) is 0. The minimum atomic E-state index is -1.07. The summed E-state index contributed by atoms with van der Waals surface area (Å²) in [5, 5.41) is 28.9. The molecule has 1 rings (SSSR count). The van der Waals surface area contributed by atoms with E-state index in [1.807, 2.05) is 0 Å². The fraction of sp³-hybridized carbons (Fsp3) is 0.333. The highest BCUT2D eigenvalue weighted by Crippen LogP contribution is 2.06. The first-order valence-corrected chi connectivity index (χ1v) is 3.38. The van der Waals surface area contributed by atoms with Crippen LogP contribution in [0.5, 0.6) is 0 Å². The van der Waals surface area contributed by atoms with Crippen LogP contribution in [0.3, 0.4) is 0 Å². The van der Waals surface area contributed by atoms with Gasteiger partial charge in [0.25, 0.3) is 5.70 Å². The summed E-state index contributed by atoms with van der Waals surface area (Å²) < 4.78 is 0. The van der Waals surface area contributed by atoms with Crippen LogP contribution in [0.15, 0.2) is 11.9 Å². The molecular weight excluding hydrogens is 216 g/mol. The van der Waals surface area contributed by atoms with Crippen LogP contribution >= 0.6 is 0 Å². The number of nitrogens with zero attached hydrogens (tertiary/aromatic N) is 5. The quantitative estimate of drug-likeness (QED) is 0.444. The maximum Gasteiger partial charge on any atom is 0.296 e. The van der Waals surface area contributed by atoms with Gasteiger partial charge >= 0.3 is 0 Å². The first-order valence-electron chi connectivity index (χ1n) is 3.38. The molecular formula is C3H4N6O6. The smallest absolute Gasteiger partial charge is 0.258 e. The van der Waals surface area contributed by atoms with Crippen molar-refractivity contribution in [3.63, 3.8) is 0 Å². The number of rotatable bonds is 3. The second-order valence-electron chi connectivity index (χ2n) is 2.36. The first-order chi connectivity index (χ1) is 6.91. The van der Waals surface area contributed by atoms with Crippen LogP contribution in [0.4, 0.5) is 0 Å². The Hall–Kier alpha value is -2.50. The highest BCUT2D eigenvalue weighted by molar-refractivity contribution is 4.92. The van der Waals surface area contributed by atoms with Gasteiger partial charge in [0, 0.05) is 5.12 Å². The summed E-state index contributed by atoms with van der Waals surface area (Å²) >= 11 is 0. The zero-order valence-electron chi connectivity index (χ0n) is 6.97. The van der Waals surface area contributed by atoms with Gasteiger partial charge < -0.3 is 0 Å². The van der Waals surface area contributed by atoms with Gasteiger partial charge in [-0.1, -0.05) is 0 Å². The van der Waals surface area contributed by atoms with E-state index in [-0.39, 0.29) is 10.2 Å². The molecule has 0 aromatic rings. The fourth-order valence-corrected chi connectivity index (χ4v) is 0.801. The number of hydrogen-bond donors (Lipinski definition) is 1. The van der Waals surface area contributed by atoms with Crippen LogP contribution in [-0.4, -0.2) is 31.8 Å². The van der Waals surface area contributed by atoms with Gasteiger partial charge in [0.2, 0.25) is 0 Å². The van der Waals surface area contributed by atoms with Gasteiger partial charge in [0.1, 0.15) is 0 Å². The lowest BCUT2D eigenvalue weighted by molar-refractivity contribution is -0.737. The van der Waals surface area contributed by atoms with Crippen molar-refractivity contribution in [1.82, 2.24) is 15.8 Å². The van der Waals surface area contributed by atoms with Gasteiger partial charge in [-0.15, -0.1) is 0 Å². The zero-order valence-corrected chi connectivity index (χ0v) is 6.97. The van der Waals surface area contributed by atoms with Crippen molar-refractivity contribution in [2.45, 2.75) is 0 Å². The highest BCUT2D eigenvalue weighted by Gasteiger charge is 2.35. The SMILES string of the molecule is O=[N+]([O-])C1=CN([N+](=O)[O-])NN([N+](=O)[O-])C1. The van der Waals surface area contributed by atoms with E-state index >= 15 is 0 Å². The Kier molecular flexibility index (Phi) is 2.61. The van der Waals surface area contributed by atoms with E-state index in [4.69, 9.17) is 0 Å². The second kappa shape index (κ2) is 3.70. The van der Waals surface area contributed by atoms with Crippen LogP contribution in [0.1, 0.15) is 0 Å². The van der Waals surface area contributed by atoms with Crippen molar-refractivity contribution in [1.29, 1.82) is 0 Å². The Bertz CT molecular complexity index is 351. The molecule has 0 fully saturated rings. The van der Waals surface area contributed by atoms with E-state index in [0.717, 1.165) is 0 Å². The van der Waals surface area contributed by atoms with Gasteiger partial charge in [-0.2, -0.15) is 0 Å². The van der Waals surface area contributed by atoms with Crippen molar-refractivity contribution in [2.75, 3.05) is 6.54 Å². The van der Waals surface area contributed by atoms with Crippen LogP contribution < -0.4 is 5.53 Å². The third-order valence-electron chi connectivity index (χ3n) is 1.41. The van der Waals surface area contributed by atoms with Crippen molar-refractivity contribution in [2.24, 2.45) is 0 Å². The van der Waals surface area contributed by atoms with Crippen LogP contribution in [0, 0.1) is 30.3 Å². The monoisotopic (exact) mass is 220 g/mol. The third kappa shape index (κ3) is 2.25. The van der Waals surface area contributed by atoms with Crippen LogP contribution in [0.2, 0.25) is 0 Å². The number of nitro groups is 3. The molecule has 0 bridgehead atoms. The van der Waals surface area contributed by atoms with E-state index in [1.165, 1.54) is 0 Å². The topological polar surface area (TPSA) is 148 Å². The second-order valence-corrected chi connectivity index (χ2v) is 2.36. The minimum absolute atomic E-state index is 0.0322. The lowest BCUT2D eigenvalue weighted by Crippen LogP contribution is -2.56. The fourth-order valence-electron chi connectivity index (χ4n) is 0.801. The molecule has 0 aromatic heterocycles. The summed E-state index contributed by atoms with van der Waals surface area (Å²) in [7, 11) is 0. The maximum absolute atomic E-state index is 10.3. The molecule has 0 unspecified atom stereocenters. The van der Waals surface area contributed by atoms with E-state index in [9.17, 15) is 30.3 Å². The molecule has 0 radical (unpaired) electrons. The van der Waals surface area contributed by atoms with Gasteiger partial charge in [0.15, 0.2) is 22.8 Å². The average Bonchev–Trinajstić information content (AvgIpc) is 2.16. The maximum atomic E-state index is 10.3. The summed E-state index contributed by atoms with van der Waals surface area (Å²) in [6.45, 7) is -0.676. The molecule has 0 aromatic carbocycles. The van der Waals surface area contributed by atoms with E-state index in [0.29, 0.717) is 6.20 Å². The molecule has 15 heavy (non-hydrogen) atoms. The molecule has 1 aliphatic rings. The third-order valence-corrected chi connectivity index (χ3v) is 1.41. The van der Waals surface area contributed by atoms with E-state index in [2.05, 4.69) is 0 Å².